The van der Waals surface area contributed by atoms with Crippen LogP contribution in [0.5, 0.6) is 17.4 Å². The third-order valence-corrected chi connectivity index (χ3v) is 3.07. The number of rotatable bonds is 2. The third-order valence-electron chi connectivity index (χ3n) is 3.07. The first-order valence-electron chi connectivity index (χ1n) is 6.34. The topological polar surface area (TPSA) is 48.3 Å². The first kappa shape index (κ1) is 11.9. The highest BCUT2D eigenvalue weighted by atomic mass is 16.5. The number of nitrogens with zero attached hydrogens (tertiary/aromatic N) is 2. The average Bonchev–Trinajstić information content (AvgIpc) is 2.69. The van der Waals surface area contributed by atoms with Crippen LogP contribution in [0.3, 0.4) is 0 Å². The Hall–Kier alpha value is -2.17. The number of anilines is 1. The van der Waals surface area contributed by atoms with Crippen molar-refractivity contribution in [3.63, 3.8) is 0 Å². The van der Waals surface area contributed by atoms with Crippen molar-refractivity contribution in [1.82, 2.24) is 9.78 Å². The summed E-state index contributed by atoms with van der Waals surface area (Å²) in [6.07, 6.45) is 0. The summed E-state index contributed by atoms with van der Waals surface area (Å²) < 4.78 is 13.2. The molecule has 0 unspecified atom stereocenters. The predicted octanol–water partition coefficient (Wildman–Crippen LogP) is 2.96. The highest BCUT2D eigenvalue weighted by Crippen LogP contribution is 2.39. The van der Waals surface area contributed by atoms with Crippen LogP contribution in [-0.4, -0.2) is 22.4 Å². The van der Waals surface area contributed by atoms with Gasteiger partial charge < -0.3 is 14.8 Å². The number of hydrogen-bond donors (Lipinski definition) is 1. The molecule has 1 atom stereocenters. The molecule has 0 radical (unpaired) electrons. The molecule has 1 N–H and O–H groups in total. The van der Waals surface area contributed by atoms with Crippen molar-refractivity contribution in [2.75, 3.05) is 11.9 Å². The van der Waals surface area contributed by atoms with Gasteiger partial charge in [0.15, 0.2) is 5.82 Å². The van der Waals surface area contributed by atoms with Crippen molar-refractivity contribution >= 4 is 5.82 Å². The molecular weight excluding hydrogens is 242 g/mol. The molecule has 0 aliphatic carbocycles. The fraction of sp³-hybridized carbons (Fsp3) is 0.357. The Morgan fingerprint density at radius 2 is 2.16 bits per heavy atom. The summed E-state index contributed by atoms with van der Waals surface area (Å²) in [5.74, 6) is 2.80. The van der Waals surface area contributed by atoms with E-state index in [4.69, 9.17) is 9.47 Å². The molecule has 3 rings (SSSR count). The van der Waals surface area contributed by atoms with Gasteiger partial charge in [-0.1, -0.05) is 17.7 Å². The third kappa shape index (κ3) is 2.23. The van der Waals surface area contributed by atoms with E-state index in [1.807, 2.05) is 38.2 Å². The van der Waals surface area contributed by atoms with E-state index in [2.05, 4.69) is 17.3 Å². The average molecular weight is 261 g/mol. The van der Waals surface area contributed by atoms with Gasteiger partial charge in [0.25, 0.3) is 5.88 Å². The molecule has 2 aromatic rings. The summed E-state index contributed by atoms with van der Waals surface area (Å²) >= 11 is 0. The lowest BCUT2D eigenvalue weighted by Gasteiger charge is -2.22. The minimum Gasteiger partial charge on any atom is -0.483 e. The molecule has 0 bridgehead atoms. The summed E-state index contributed by atoms with van der Waals surface area (Å²) in [7, 11) is 1.87. The quantitative estimate of drug-likeness (QED) is 0.903. The van der Waals surface area contributed by atoms with Crippen LogP contribution in [0.25, 0.3) is 0 Å². The monoisotopic (exact) mass is 261 g/mol. The molecule has 1 aliphatic heterocycles. The molecule has 1 aromatic heterocycles. The van der Waals surface area contributed by atoms with Gasteiger partial charge in [-0.2, -0.15) is 0 Å². The zero-order chi connectivity index (χ0) is 13.4. The van der Waals surface area contributed by atoms with Gasteiger partial charge in [-0.15, -0.1) is 5.10 Å². The van der Waals surface area contributed by atoms with E-state index in [1.54, 1.807) is 4.68 Å². The van der Waals surface area contributed by atoms with E-state index in [0.717, 1.165) is 11.6 Å². The van der Waals surface area contributed by atoms with Gasteiger partial charge in [-0.05, 0) is 26.0 Å². The number of fused-ring (bicyclic) bond motifs is 1. The SMILES string of the molecule is Cc1ccc(Oc2nn(C)c3c2OC[C@@H](C)N3)cc1.[HH]. The van der Waals surface area contributed by atoms with Crippen LogP contribution in [0.2, 0.25) is 0 Å². The largest absolute Gasteiger partial charge is 0.483 e. The maximum Gasteiger partial charge on any atom is 0.283 e. The van der Waals surface area contributed by atoms with E-state index in [-0.39, 0.29) is 7.47 Å². The number of ether oxygens (including phenoxy) is 2. The lowest BCUT2D eigenvalue weighted by Crippen LogP contribution is -2.29. The number of aryl methyl sites for hydroxylation is 2. The van der Waals surface area contributed by atoms with Crippen LogP contribution < -0.4 is 14.8 Å². The van der Waals surface area contributed by atoms with Crippen LogP contribution in [0.4, 0.5) is 5.82 Å². The second-order valence-corrected chi connectivity index (χ2v) is 4.88. The van der Waals surface area contributed by atoms with Crippen LogP contribution in [-0.2, 0) is 7.05 Å². The van der Waals surface area contributed by atoms with Gasteiger partial charge in [0.2, 0.25) is 5.75 Å². The fourth-order valence-electron chi connectivity index (χ4n) is 2.04. The van der Waals surface area contributed by atoms with E-state index >= 15 is 0 Å². The zero-order valence-corrected chi connectivity index (χ0v) is 11.3. The summed E-state index contributed by atoms with van der Waals surface area (Å²) in [6, 6.07) is 8.14. The van der Waals surface area contributed by atoms with Crippen molar-refractivity contribution in [3.8, 4) is 17.4 Å². The van der Waals surface area contributed by atoms with Gasteiger partial charge in [-0.25, -0.2) is 4.68 Å². The molecule has 5 heteroatoms. The van der Waals surface area contributed by atoms with E-state index in [1.165, 1.54) is 5.56 Å². The van der Waals surface area contributed by atoms with E-state index in [0.29, 0.717) is 18.2 Å². The fourth-order valence-corrected chi connectivity index (χ4v) is 2.04. The second-order valence-electron chi connectivity index (χ2n) is 4.88. The van der Waals surface area contributed by atoms with Crippen LogP contribution in [0.15, 0.2) is 24.3 Å². The van der Waals surface area contributed by atoms with Gasteiger partial charge >= 0.3 is 0 Å². The Bertz CT molecular complexity index is 595. The Morgan fingerprint density at radius 3 is 2.89 bits per heavy atom. The van der Waals surface area contributed by atoms with Gasteiger partial charge in [0, 0.05) is 8.47 Å². The van der Waals surface area contributed by atoms with E-state index < -0.39 is 0 Å². The lowest BCUT2D eigenvalue weighted by molar-refractivity contribution is 0.279. The van der Waals surface area contributed by atoms with Crippen LogP contribution in [0.1, 0.15) is 13.9 Å². The molecule has 0 saturated carbocycles. The maximum atomic E-state index is 5.79. The standard InChI is InChI=1S/C14H17N3O2.H2/c1-9-4-6-11(7-5-9)19-14-12-13(17(3)16-14)15-10(2)8-18-12;/h4-7,10,15H,8H2,1-3H3;1H/t10-;/m1./s1. The summed E-state index contributed by atoms with van der Waals surface area (Å²) in [6.45, 7) is 4.72. The molecule has 1 aromatic carbocycles. The number of nitrogens with one attached hydrogen (secondary N) is 1. The van der Waals surface area contributed by atoms with Crippen molar-refractivity contribution in [1.29, 1.82) is 0 Å². The minimum atomic E-state index is 0. The summed E-state index contributed by atoms with van der Waals surface area (Å²) in [5.41, 5.74) is 1.20. The van der Waals surface area contributed by atoms with Crippen molar-refractivity contribution in [2.24, 2.45) is 7.05 Å². The minimum absolute atomic E-state index is 0. The van der Waals surface area contributed by atoms with Crippen molar-refractivity contribution in [3.05, 3.63) is 29.8 Å². The Morgan fingerprint density at radius 1 is 1.42 bits per heavy atom. The normalized spacial score (nSPS) is 17.3. The Labute approximate surface area is 113 Å². The first-order valence-corrected chi connectivity index (χ1v) is 6.34. The summed E-state index contributed by atoms with van der Waals surface area (Å²) in [5, 5.41) is 7.69. The van der Waals surface area contributed by atoms with E-state index in [9.17, 15) is 0 Å². The summed E-state index contributed by atoms with van der Waals surface area (Å²) in [4.78, 5) is 0. The first-order chi connectivity index (χ1) is 9.13. The molecule has 2 heterocycles. The predicted molar refractivity (Wildman–Crippen MR) is 75.2 cm³/mol. The number of hydrogen-bond acceptors (Lipinski definition) is 4. The molecule has 0 fully saturated rings. The zero-order valence-electron chi connectivity index (χ0n) is 11.3. The van der Waals surface area contributed by atoms with Gasteiger partial charge in [0.1, 0.15) is 12.4 Å². The molecule has 1 aliphatic rings. The lowest BCUT2D eigenvalue weighted by atomic mass is 10.2. The molecular formula is C14H19N3O2. The Kier molecular flexibility index (Phi) is 2.81. The molecule has 0 amide bonds. The van der Waals surface area contributed by atoms with Gasteiger partial charge in [0.05, 0.1) is 6.04 Å². The number of aromatic nitrogens is 2. The highest BCUT2D eigenvalue weighted by Gasteiger charge is 2.25. The van der Waals surface area contributed by atoms with Gasteiger partial charge in [-0.3, -0.25) is 0 Å². The molecule has 0 spiro atoms. The number of benzene rings is 1. The van der Waals surface area contributed by atoms with Crippen LogP contribution in [0, 0.1) is 6.92 Å². The molecule has 5 nitrogen and oxygen atoms in total. The smallest absolute Gasteiger partial charge is 0.283 e. The van der Waals surface area contributed by atoms with Crippen LogP contribution >= 0.6 is 0 Å². The Balaban J connectivity index is 0.00000147. The molecule has 0 saturated heterocycles. The van der Waals surface area contributed by atoms with Crippen molar-refractivity contribution in [2.45, 2.75) is 19.9 Å². The second kappa shape index (κ2) is 4.50. The molecule has 102 valence electrons. The van der Waals surface area contributed by atoms with Crippen molar-refractivity contribution < 1.29 is 10.9 Å². The highest BCUT2D eigenvalue weighted by molar-refractivity contribution is 5.59. The maximum absolute atomic E-state index is 5.79. The molecule has 19 heavy (non-hydrogen) atoms.